The van der Waals surface area contributed by atoms with E-state index >= 15 is 0 Å². The molecule has 5 heteroatoms. The van der Waals surface area contributed by atoms with Crippen LogP contribution >= 0.6 is 0 Å². The SMILES string of the molecule is CCOC(c1nc(O)c(CC)c(=O)[nH]1)C(C)C. The molecule has 0 amide bonds. The lowest BCUT2D eigenvalue weighted by molar-refractivity contribution is 0.0226. The molecule has 5 nitrogen and oxygen atoms in total. The Hall–Kier alpha value is -1.36. The van der Waals surface area contributed by atoms with Crippen LogP contribution in [0.15, 0.2) is 4.79 Å². The van der Waals surface area contributed by atoms with E-state index in [4.69, 9.17) is 4.74 Å². The first-order valence-corrected chi connectivity index (χ1v) is 5.94. The highest BCUT2D eigenvalue weighted by Gasteiger charge is 2.20. The molecule has 0 saturated heterocycles. The third-order valence-electron chi connectivity index (χ3n) is 2.59. The molecule has 0 fully saturated rings. The molecule has 17 heavy (non-hydrogen) atoms. The summed E-state index contributed by atoms with van der Waals surface area (Å²) in [5.74, 6) is 0.364. The third kappa shape index (κ3) is 3.06. The van der Waals surface area contributed by atoms with E-state index in [1.54, 1.807) is 6.92 Å². The molecule has 1 aromatic heterocycles. The summed E-state index contributed by atoms with van der Waals surface area (Å²) in [6.07, 6.45) is 0.152. The van der Waals surface area contributed by atoms with Gasteiger partial charge in [0, 0.05) is 6.61 Å². The highest BCUT2D eigenvalue weighted by atomic mass is 16.5. The summed E-state index contributed by atoms with van der Waals surface area (Å²) >= 11 is 0. The van der Waals surface area contributed by atoms with Crippen molar-refractivity contribution in [2.24, 2.45) is 5.92 Å². The molecule has 1 aromatic rings. The van der Waals surface area contributed by atoms with Gasteiger partial charge < -0.3 is 14.8 Å². The van der Waals surface area contributed by atoms with Crippen molar-refractivity contribution in [1.29, 1.82) is 0 Å². The molecule has 0 aliphatic heterocycles. The van der Waals surface area contributed by atoms with E-state index in [9.17, 15) is 9.90 Å². The van der Waals surface area contributed by atoms with Crippen LogP contribution in [0, 0.1) is 5.92 Å². The lowest BCUT2D eigenvalue weighted by Gasteiger charge is -2.20. The molecule has 1 rings (SSSR count). The molecule has 1 heterocycles. The summed E-state index contributed by atoms with van der Waals surface area (Å²) in [5.41, 5.74) is 0.0214. The second-order valence-electron chi connectivity index (χ2n) is 4.23. The minimum atomic E-state index is -0.301. The predicted octanol–water partition coefficient (Wildman–Crippen LogP) is 1.77. The standard InChI is InChI=1S/C12H20N2O3/c1-5-8-11(15)13-10(14-12(8)16)9(7(3)4)17-6-2/h7,9H,5-6H2,1-4H3,(H2,13,14,15,16). The first-order chi connectivity index (χ1) is 8.01. The number of ether oxygens (including phenoxy) is 1. The molecular weight excluding hydrogens is 220 g/mol. The maximum absolute atomic E-state index is 11.7. The topological polar surface area (TPSA) is 75.2 Å². The van der Waals surface area contributed by atoms with Gasteiger partial charge in [0.15, 0.2) is 0 Å². The molecule has 0 aliphatic carbocycles. The van der Waals surface area contributed by atoms with Crippen LogP contribution in [0.1, 0.15) is 45.2 Å². The summed E-state index contributed by atoms with van der Waals surface area (Å²) in [7, 11) is 0. The van der Waals surface area contributed by atoms with Crippen molar-refractivity contribution in [2.45, 2.75) is 40.2 Å². The number of nitrogens with one attached hydrogen (secondary N) is 1. The van der Waals surface area contributed by atoms with Crippen molar-refractivity contribution >= 4 is 0 Å². The van der Waals surface area contributed by atoms with Gasteiger partial charge in [0.25, 0.3) is 5.56 Å². The highest BCUT2D eigenvalue weighted by Crippen LogP contribution is 2.23. The number of hydrogen-bond donors (Lipinski definition) is 2. The minimum absolute atomic E-state index is 0.171. The van der Waals surface area contributed by atoms with Crippen molar-refractivity contribution < 1.29 is 9.84 Å². The molecule has 0 aromatic carbocycles. The van der Waals surface area contributed by atoms with Crippen molar-refractivity contribution in [1.82, 2.24) is 9.97 Å². The van der Waals surface area contributed by atoms with Crippen molar-refractivity contribution in [3.05, 3.63) is 21.7 Å². The van der Waals surface area contributed by atoms with Crippen LogP contribution in [0.25, 0.3) is 0 Å². The Morgan fingerprint density at radius 3 is 2.47 bits per heavy atom. The Balaban J connectivity index is 3.17. The average Bonchev–Trinajstić information content (AvgIpc) is 2.24. The summed E-state index contributed by atoms with van der Waals surface area (Å²) in [5, 5.41) is 9.68. The number of aromatic hydroxyl groups is 1. The normalized spacial score (nSPS) is 13.0. The van der Waals surface area contributed by atoms with Crippen LogP contribution in [0.5, 0.6) is 5.88 Å². The van der Waals surface area contributed by atoms with Gasteiger partial charge in [0.1, 0.15) is 11.9 Å². The van der Waals surface area contributed by atoms with Crippen molar-refractivity contribution in [3.63, 3.8) is 0 Å². The third-order valence-corrected chi connectivity index (χ3v) is 2.59. The van der Waals surface area contributed by atoms with E-state index in [2.05, 4.69) is 9.97 Å². The molecule has 1 atom stereocenters. The number of H-pyrrole nitrogens is 1. The van der Waals surface area contributed by atoms with Gasteiger partial charge in [-0.25, -0.2) is 0 Å². The highest BCUT2D eigenvalue weighted by molar-refractivity contribution is 5.22. The lowest BCUT2D eigenvalue weighted by atomic mass is 10.1. The van der Waals surface area contributed by atoms with Crippen LogP contribution in [-0.4, -0.2) is 21.7 Å². The Kier molecular flexibility index (Phi) is 4.69. The van der Waals surface area contributed by atoms with Crippen molar-refractivity contribution in [3.8, 4) is 5.88 Å². The van der Waals surface area contributed by atoms with Crippen molar-refractivity contribution in [2.75, 3.05) is 6.61 Å². The molecule has 96 valence electrons. The molecule has 1 unspecified atom stereocenters. The van der Waals surface area contributed by atoms with Gasteiger partial charge >= 0.3 is 0 Å². The van der Waals surface area contributed by atoms with E-state index in [1.807, 2.05) is 20.8 Å². The van der Waals surface area contributed by atoms with Gasteiger partial charge in [0.05, 0.1) is 5.56 Å². The number of nitrogens with zero attached hydrogens (tertiary/aromatic N) is 1. The van der Waals surface area contributed by atoms with E-state index < -0.39 is 0 Å². The van der Waals surface area contributed by atoms with Crippen LogP contribution < -0.4 is 5.56 Å². The Labute approximate surface area is 101 Å². The lowest BCUT2D eigenvalue weighted by Crippen LogP contribution is -2.22. The fourth-order valence-electron chi connectivity index (χ4n) is 1.72. The fourth-order valence-corrected chi connectivity index (χ4v) is 1.72. The van der Waals surface area contributed by atoms with Crippen LogP contribution in [0.4, 0.5) is 0 Å². The summed E-state index contributed by atoms with van der Waals surface area (Å²) < 4.78 is 5.53. The Morgan fingerprint density at radius 2 is 2.06 bits per heavy atom. The Morgan fingerprint density at radius 1 is 1.41 bits per heavy atom. The van der Waals surface area contributed by atoms with Crippen LogP contribution in [0.3, 0.4) is 0 Å². The molecule has 2 N–H and O–H groups in total. The predicted molar refractivity (Wildman–Crippen MR) is 65.1 cm³/mol. The summed E-state index contributed by atoms with van der Waals surface area (Å²) in [4.78, 5) is 18.4. The molecule has 0 bridgehead atoms. The molecule has 0 spiro atoms. The minimum Gasteiger partial charge on any atom is -0.493 e. The molecule has 0 saturated carbocycles. The van der Waals surface area contributed by atoms with Crippen LogP contribution in [-0.2, 0) is 11.2 Å². The van der Waals surface area contributed by atoms with Gasteiger partial charge in [0.2, 0.25) is 5.88 Å². The largest absolute Gasteiger partial charge is 0.493 e. The molecule has 0 radical (unpaired) electrons. The first-order valence-electron chi connectivity index (χ1n) is 5.94. The smallest absolute Gasteiger partial charge is 0.257 e. The molecule has 0 aliphatic rings. The van der Waals surface area contributed by atoms with Gasteiger partial charge in [-0.05, 0) is 19.3 Å². The van der Waals surface area contributed by atoms with E-state index in [1.165, 1.54) is 0 Å². The average molecular weight is 240 g/mol. The molecular formula is C12H20N2O3. The van der Waals surface area contributed by atoms with Gasteiger partial charge in [-0.15, -0.1) is 0 Å². The zero-order chi connectivity index (χ0) is 13.0. The number of rotatable bonds is 5. The second-order valence-corrected chi connectivity index (χ2v) is 4.23. The maximum Gasteiger partial charge on any atom is 0.257 e. The zero-order valence-electron chi connectivity index (χ0n) is 10.8. The van der Waals surface area contributed by atoms with E-state index in [-0.39, 0.29) is 23.5 Å². The summed E-state index contributed by atoms with van der Waals surface area (Å²) in [6.45, 7) is 8.17. The second kappa shape index (κ2) is 5.82. The number of aromatic amines is 1. The maximum atomic E-state index is 11.7. The Bertz CT molecular complexity index is 426. The number of aromatic nitrogens is 2. The summed E-state index contributed by atoms with van der Waals surface area (Å²) in [6, 6.07) is 0. The zero-order valence-corrected chi connectivity index (χ0v) is 10.8. The fraction of sp³-hybridized carbons (Fsp3) is 0.667. The van der Waals surface area contributed by atoms with E-state index in [0.717, 1.165) is 0 Å². The van der Waals surface area contributed by atoms with Gasteiger partial charge in [-0.2, -0.15) is 4.98 Å². The quantitative estimate of drug-likeness (QED) is 0.822. The van der Waals surface area contributed by atoms with Gasteiger partial charge in [-0.1, -0.05) is 20.8 Å². The number of hydrogen-bond acceptors (Lipinski definition) is 4. The van der Waals surface area contributed by atoms with Crippen LogP contribution in [0.2, 0.25) is 0 Å². The van der Waals surface area contributed by atoms with Gasteiger partial charge in [-0.3, -0.25) is 4.79 Å². The van der Waals surface area contributed by atoms with E-state index in [0.29, 0.717) is 24.4 Å². The monoisotopic (exact) mass is 240 g/mol. The first kappa shape index (κ1) is 13.7.